The minimum atomic E-state index is 0.106. The Labute approximate surface area is 164 Å². The Kier molecular flexibility index (Phi) is 5.94. The molecule has 2 aromatic carbocycles. The zero-order chi connectivity index (χ0) is 19.4. The van der Waals surface area contributed by atoms with Crippen molar-refractivity contribution < 1.29 is 18.9 Å². The summed E-state index contributed by atoms with van der Waals surface area (Å²) in [5.74, 6) is 2.45. The Hall–Kier alpha value is -2.63. The molecule has 6 nitrogen and oxygen atoms in total. The van der Waals surface area contributed by atoms with Gasteiger partial charge in [0.2, 0.25) is 0 Å². The molecule has 27 heavy (non-hydrogen) atoms. The first-order chi connectivity index (χ1) is 13.1. The normalized spacial score (nSPS) is 10.5. The van der Waals surface area contributed by atoms with Gasteiger partial charge >= 0.3 is 164 Å². The van der Waals surface area contributed by atoms with Crippen LogP contribution in [0, 0.1) is 0 Å². The molecule has 0 atom stereocenters. The van der Waals surface area contributed by atoms with E-state index in [9.17, 15) is 0 Å². The molecule has 3 rings (SSSR count). The van der Waals surface area contributed by atoms with Crippen LogP contribution in [0.25, 0.3) is 21.3 Å². The van der Waals surface area contributed by atoms with Gasteiger partial charge in [0.25, 0.3) is 0 Å². The van der Waals surface area contributed by atoms with Crippen LogP contribution in [-0.2, 0) is 0 Å². The van der Waals surface area contributed by atoms with Crippen LogP contribution in [0.1, 0.15) is 6.92 Å². The van der Waals surface area contributed by atoms with E-state index in [1.807, 2.05) is 42.3 Å². The number of aromatic nitrogens is 1. The van der Waals surface area contributed by atoms with Crippen LogP contribution in [0.4, 0.5) is 5.69 Å². The minimum absolute atomic E-state index is 0.106. The second-order valence-corrected chi connectivity index (χ2v) is 7.42. The molecule has 7 heteroatoms. The van der Waals surface area contributed by atoms with E-state index < -0.39 is 0 Å². The Morgan fingerprint density at radius 1 is 0.926 bits per heavy atom. The molecule has 2 N–H and O–H groups in total. The second kappa shape index (κ2) is 8.37. The van der Waals surface area contributed by atoms with Crippen LogP contribution in [0.15, 0.2) is 35.4 Å². The van der Waals surface area contributed by atoms with Gasteiger partial charge in [-0.15, -0.1) is 0 Å². The van der Waals surface area contributed by atoms with Crippen molar-refractivity contribution in [3.05, 3.63) is 35.4 Å². The van der Waals surface area contributed by atoms with Gasteiger partial charge in [0, 0.05) is 0 Å². The van der Waals surface area contributed by atoms with E-state index in [0.29, 0.717) is 35.3 Å². The van der Waals surface area contributed by atoms with Crippen LogP contribution in [0.2, 0.25) is 0 Å². The predicted octanol–water partition coefficient (Wildman–Crippen LogP) is 3.48. The van der Waals surface area contributed by atoms with Gasteiger partial charge in [-0.3, -0.25) is 0 Å². The predicted molar refractivity (Wildman–Crippen MR) is 107 cm³/mol. The fraction of sp³-hybridized carbons (Fsp3) is 0.250. The molecule has 0 aliphatic heterocycles. The van der Waals surface area contributed by atoms with Crippen LogP contribution >= 0.6 is 0 Å². The number of ether oxygens (including phenoxy) is 4. The molecule has 0 unspecified atom stereocenters. The fourth-order valence-corrected chi connectivity index (χ4v) is 4.55. The molecule has 3 aromatic rings. The summed E-state index contributed by atoms with van der Waals surface area (Å²) in [5.41, 5.74) is 9.60. The number of hydrogen-bond acceptors (Lipinski definition) is 6. The van der Waals surface area contributed by atoms with E-state index in [4.69, 9.17) is 24.7 Å². The number of hydrogen-bond donors (Lipinski definition) is 1. The third-order valence-corrected chi connectivity index (χ3v) is 5.91. The summed E-state index contributed by atoms with van der Waals surface area (Å²) in [5, 5.41) is 1.95. The van der Waals surface area contributed by atoms with Crippen molar-refractivity contribution in [1.82, 2.24) is 4.98 Å². The van der Waals surface area contributed by atoms with Crippen LogP contribution in [-0.4, -0.2) is 47.4 Å². The van der Waals surface area contributed by atoms with E-state index >= 15 is 0 Å². The molecular formula is C20H22N2O4Se. The van der Waals surface area contributed by atoms with Crippen LogP contribution in [0.5, 0.6) is 23.0 Å². The van der Waals surface area contributed by atoms with Gasteiger partial charge in [0.15, 0.2) is 0 Å². The standard InChI is InChI=1S/C20H22N2O4Se/c1-5-26-15-7-6-12(8-14(15)21)20-18(22-11-27-20)13-9-16(23-2)19(25-4)17(10-13)24-3/h6-11H,5,21H2,1-4H3. The summed E-state index contributed by atoms with van der Waals surface area (Å²) in [7, 11) is 4.79. The topological polar surface area (TPSA) is 75.8 Å². The SMILES string of the molecule is CCOc1ccc(-c2[se]cnc2-c2cc(OC)c(OC)c(OC)c2)cc1N. The maximum absolute atomic E-state index is 6.15. The fourth-order valence-electron chi connectivity index (χ4n) is 2.85. The van der Waals surface area contributed by atoms with Crippen LogP contribution < -0.4 is 24.7 Å². The number of benzene rings is 2. The number of nitrogen functional groups attached to an aromatic ring is 1. The molecule has 142 valence electrons. The molecular weight excluding hydrogens is 411 g/mol. The molecule has 1 aromatic heterocycles. The van der Waals surface area contributed by atoms with Crippen molar-refractivity contribution >= 4 is 20.2 Å². The number of nitrogens with zero attached hydrogens (tertiary/aromatic N) is 1. The molecule has 0 radical (unpaired) electrons. The van der Waals surface area contributed by atoms with Crippen molar-refractivity contribution in [2.45, 2.75) is 6.92 Å². The molecule has 0 aliphatic carbocycles. The average Bonchev–Trinajstić information content (AvgIpc) is 3.18. The molecule has 0 saturated carbocycles. The van der Waals surface area contributed by atoms with Crippen molar-refractivity contribution in [3.8, 4) is 44.3 Å². The molecule has 0 bridgehead atoms. The molecule has 0 amide bonds. The van der Waals surface area contributed by atoms with Gasteiger partial charge in [0.1, 0.15) is 0 Å². The second-order valence-electron chi connectivity index (χ2n) is 5.63. The number of anilines is 1. The van der Waals surface area contributed by atoms with Crippen molar-refractivity contribution in [1.29, 1.82) is 0 Å². The van der Waals surface area contributed by atoms with E-state index in [0.717, 1.165) is 21.3 Å². The van der Waals surface area contributed by atoms with Gasteiger partial charge in [-0.05, 0) is 0 Å². The van der Waals surface area contributed by atoms with E-state index in [1.54, 1.807) is 21.3 Å². The quantitative estimate of drug-likeness (QED) is 0.454. The van der Waals surface area contributed by atoms with E-state index in [2.05, 4.69) is 4.98 Å². The molecule has 1 heterocycles. The van der Waals surface area contributed by atoms with Crippen molar-refractivity contribution in [2.75, 3.05) is 33.7 Å². The summed E-state index contributed by atoms with van der Waals surface area (Å²) in [6.45, 7) is 2.52. The van der Waals surface area contributed by atoms with E-state index in [1.165, 1.54) is 0 Å². The number of nitrogens with two attached hydrogens (primary N) is 1. The summed E-state index contributed by atoms with van der Waals surface area (Å²) in [6.07, 6.45) is 0. The van der Waals surface area contributed by atoms with Gasteiger partial charge < -0.3 is 0 Å². The zero-order valence-corrected chi connectivity index (χ0v) is 17.5. The molecule has 0 aliphatic rings. The number of methoxy groups -OCH3 is 3. The Morgan fingerprint density at radius 2 is 1.63 bits per heavy atom. The Bertz CT molecular complexity index is 914. The van der Waals surface area contributed by atoms with Crippen LogP contribution in [0.3, 0.4) is 0 Å². The van der Waals surface area contributed by atoms with Gasteiger partial charge in [-0.1, -0.05) is 0 Å². The monoisotopic (exact) mass is 434 g/mol. The third-order valence-electron chi connectivity index (χ3n) is 4.08. The van der Waals surface area contributed by atoms with E-state index in [-0.39, 0.29) is 14.5 Å². The first kappa shape index (κ1) is 19.1. The Balaban J connectivity index is 2.09. The molecule has 0 spiro atoms. The summed E-state index contributed by atoms with van der Waals surface area (Å²) < 4.78 is 23.0. The molecule has 0 fully saturated rings. The average molecular weight is 433 g/mol. The van der Waals surface area contributed by atoms with Gasteiger partial charge in [0.05, 0.1) is 0 Å². The first-order valence-electron chi connectivity index (χ1n) is 8.39. The number of rotatable bonds is 7. The zero-order valence-electron chi connectivity index (χ0n) is 15.7. The van der Waals surface area contributed by atoms with Crippen molar-refractivity contribution in [3.63, 3.8) is 0 Å². The first-order valence-corrected chi connectivity index (χ1v) is 10.2. The van der Waals surface area contributed by atoms with Gasteiger partial charge in [-0.25, -0.2) is 0 Å². The maximum atomic E-state index is 6.15. The molecule has 0 saturated heterocycles. The summed E-state index contributed by atoms with van der Waals surface area (Å²) in [4.78, 5) is 4.62. The van der Waals surface area contributed by atoms with Crippen molar-refractivity contribution in [2.24, 2.45) is 0 Å². The summed E-state index contributed by atoms with van der Waals surface area (Å²) >= 11 is 0.106. The van der Waals surface area contributed by atoms with Gasteiger partial charge in [-0.2, -0.15) is 0 Å². The third kappa shape index (κ3) is 3.75. The summed E-state index contributed by atoms with van der Waals surface area (Å²) in [6, 6.07) is 9.68. The Morgan fingerprint density at radius 3 is 2.19 bits per heavy atom.